The summed E-state index contributed by atoms with van der Waals surface area (Å²) >= 11 is 14.0. The summed E-state index contributed by atoms with van der Waals surface area (Å²) in [6, 6.07) is 11.7. The van der Waals surface area contributed by atoms with Crippen LogP contribution in [0.3, 0.4) is 0 Å². The van der Waals surface area contributed by atoms with Crippen molar-refractivity contribution in [2.45, 2.75) is 6.18 Å². The van der Waals surface area contributed by atoms with Gasteiger partial charge in [0.15, 0.2) is 18.1 Å². The van der Waals surface area contributed by atoms with Gasteiger partial charge in [-0.2, -0.15) is 18.3 Å². The number of alkyl halides is 3. The normalized spacial score (nSPS) is 11.2. The number of carbonyl (C=O) groups is 3. The van der Waals surface area contributed by atoms with Crippen molar-refractivity contribution in [3.8, 4) is 11.5 Å². The van der Waals surface area contributed by atoms with Crippen LogP contribution in [0.1, 0.15) is 11.1 Å². The fraction of sp³-hybridized carbons (Fsp3) is 0.120. The van der Waals surface area contributed by atoms with Gasteiger partial charge in [-0.25, -0.2) is 5.43 Å². The predicted molar refractivity (Wildman–Crippen MR) is 152 cm³/mol. The molecule has 0 fully saturated rings. The van der Waals surface area contributed by atoms with E-state index in [-0.39, 0.29) is 33.8 Å². The molecule has 3 amide bonds. The van der Waals surface area contributed by atoms with Gasteiger partial charge in [0.1, 0.15) is 0 Å². The Morgan fingerprint density at radius 3 is 2.45 bits per heavy atom. The monoisotopic (exact) mass is 708 g/mol. The Kier molecular flexibility index (Phi) is 10.6. The molecule has 0 atom stereocenters. The van der Waals surface area contributed by atoms with Crippen LogP contribution in [0.4, 0.5) is 24.5 Å². The molecule has 3 aromatic rings. The maximum absolute atomic E-state index is 12.8. The minimum Gasteiger partial charge on any atom is -0.493 e. The van der Waals surface area contributed by atoms with E-state index in [4.69, 9.17) is 32.7 Å². The molecule has 0 spiro atoms. The van der Waals surface area contributed by atoms with Crippen LogP contribution in [0.25, 0.3) is 0 Å². The van der Waals surface area contributed by atoms with Gasteiger partial charge >= 0.3 is 18.0 Å². The first kappa shape index (κ1) is 31.0. The zero-order chi connectivity index (χ0) is 29.4. The van der Waals surface area contributed by atoms with Gasteiger partial charge in [0, 0.05) is 5.69 Å². The van der Waals surface area contributed by atoms with E-state index in [1.807, 2.05) is 28.0 Å². The second-order valence-corrected chi connectivity index (χ2v) is 9.65. The zero-order valence-corrected chi connectivity index (χ0v) is 23.9. The molecule has 0 bridgehead atoms. The highest BCUT2D eigenvalue weighted by Crippen LogP contribution is 2.34. The van der Waals surface area contributed by atoms with E-state index in [2.05, 4.69) is 15.7 Å². The van der Waals surface area contributed by atoms with Gasteiger partial charge < -0.3 is 20.1 Å². The maximum atomic E-state index is 12.8. The summed E-state index contributed by atoms with van der Waals surface area (Å²) < 4.78 is 50.0. The fourth-order valence-corrected chi connectivity index (χ4v) is 4.18. The molecule has 40 heavy (non-hydrogen) atoms. The number of hydrazone groups is 1. The highest BCUT2D eigenvalue weighted by molar-refractivity contribution is 14.1. The van der Waals surface area contributed by atoms with Crippen LogP contribution < -0.4 is 25.5 Å². The quantitative estimate of drug-likeness (QED) is 0.120. The average Bonchev–Trinajstić information content (AvgIpc) is 2.90. The Bertz CT molecular complexity index is 1470. The van der Waals surface area contributed by atoms with Gasteiger partial charge in [0.2, 0.25) is 0 Å². The minimum atomic E-state index is -4.61. The number of hydrogen-bond acceptors (Lipinski definition) is 6. The lowest BCUT2D eigenvalue weighted by Crippen LogP contribution is -2.32. The first-order valence-corrected chi connectivity index (χ1v) is 12.8. The van der Waals surface area contributed by atoms with Gasteiger partial charge in [-0.3, -0.25) is 14.4 Å². The first-order valence-electron chi connectivity index (χ1n) is 10.9. The van der Waals surface area contributed by atoms with E-state index in [0.717, 1.165) is 12.1 Å². The molecule has 0 unspecified atom stereocenters. The summed E-state index contributed by atoms with van der Waals surface area (Å²) in [6.07, 6.45) is -3.40. The number of benzene rings is 3. The molecule has 0 radical (unpaired) electrons. The van der Waals surface area contributed by atoms with Crippen molar-refractivity contribution < 1.29 is 37.0 Å². The van der Waals surface area contributed by atoms with Gasteiger partial charge in [0.05, 0.1) is 38.2 Å². The van der Waals surface area contributed by atoms with Crippen molar-refractivity contribution in [3.63, 3.8) is 0 Å². The fourth-order valence-electron chi connectivity index (χ4n) is 3.06. The van der Waals surface area contributed by atoms with E-state index in [9.17, 15) is 27.6 Å². The highest BCUT2D eigenvalue weighted by Gasteiger charge is 2.30. The van der Waals surface area contributed by atoms with Crippen LogP contribution in [0.15, 0.2) is 59.7 Å². The lowest BCUT2D eigenvalue weighted by Gasteiger charge is -2.14. The number of nitrogens with zero attached hydrogens (tertiary/aromatic N) is 1. The number of halogens is 6. The molecular formula is C25H18Cl2F3IN4O5. The summed E-state index contributed by atoms with van der Waals surface area (Å²) in [7, 11) is 1.38. The largest absolute Gasteiger partial charge is 0.493 e. The molecule has 0 saturated heterocycles. The number of ether oxygens (including phenoxy) is 2. The van der Waals surface area contributed by atoms with E-state index in [0.29, 0.717) is 20.9 Å². The standard InChI is InChI=1S/C25H18Cl2F3IN4O5/c1-39-19-9-13(8-17(31)22(19)40-12-20(36)34-18-7-3-6-16(26)21(18)27)11-32-35-24(38)23(37)33-15-5-2-4-14(10-15)25(28,29)30/h2-11H,12H2,1H3,(H,33,37)(H,34,36)(H,35,38). The molecular weight excluding hydrogens is 691 g/mol. The van der Waals surface area contributed by atoms with Crippen LogP contribution in [-0.2, 0) is 20.6 Å². The number of rotatable bonds is 8. The molecule has 3 aromatic carbocycles. The van der Waals surface area contributed by atoms with E-state index < -0.39 is 29.5 Å². The molecule has 9 nitrogen and oxygen atoms in total. The number of carbonyl (C=O) groups excluding carboxylic acids is 3. The number of nitrogens with one attached hydrogen (secondary N) is 3. The molecule has 0 aliphatic rings. The zero-order valence-electron chi connectivity index (χ0n) is 20.2. The number of methoxy groups -OCH3 is 1. The summed E-state index contributed by atoms with van der Waals surface area (Å²) in [5.41, 5.74) is 1.55. The molecule has 0 heterocycles. The Morgan fingerprint density at radius 1 is 1.02 bits per heavy atom. The summed E-state index contributed by atoms with van der Waals surface area (Å²) in [6.45, 7) is -0.375. The molecule has 0 aliphatic carbocycles. The van der Waals surface area contributed by atoms with Gasteiger partial charge in [0.25, 0.3) is 5.91 Å². The third kappa shape index (κ3) is 8.47. The van der Waals surface area contributed by atoms with Crippen LogP contribution in [0.5, 0.6) is 11.5 Å². The highest BCUT2D eigenvalue weighted by atomic mass is 127. The Balaban J connectivity index is 1.59. The van der Waals surface area contributed by atoms with Crippen LogP contribution >= 0.6 is 45.8 Å². The maximum Gasteiger partial charge on any atom is 0.416 e. The average molecular weight is 709 g/mol. The van der Waals surface area contributed by atoms with Crippen molar-refractivity contribution in [1.82, 2.24) is 5.43 Å². The molecule has 3 N–H and O–H groups in total. The van der Waals surface area contributed by atoms with E-state index in [1.54, 1.807) is 24.3 Å². The Labute approximate surface area is 249 Å². The summed E-state index contributed by atoms with van der Waals surface area (Å²) in [5, 5.41) is 8.83. The molecule has 0 saturated carbocycles. The summed E-state index contributed by atoms with van der Waals surface area (Å²) in [4.78, 5) is 36.4. The molecule has 0 aliphatic heterocycles. The van der Waals surface area contributed by atoms with Crippen LogP contribution in [0.2, 0.25) is 10.0 Å². The predicted octanol–water partition coefficient (Wildman–Crippen LogP) is 5.73. The Morgan fingerprint density at radius 2 is 1.75 bits per heavy atom. The molecule has 15 heteroatoms. The van der Waals surface area contributed by atoms with Crippen molar-refractivity contribution in [1.29, 1.82) is 0 Å². The Hall–Kier alpha value is -3.56. The van der Waals surface area contributed by atoms with Gasteiger partial charge in [-0.05, 0) is 70.6 Å². The lowest BCUT2D eigenvalue weighted by atomic mass is 10.2. The second kappa shape index (κ2) is 13.7. The van der Waals surface area contributed by atoms with Gasteiger partial charge in [-0.1, -0.05) is 35.3 Å². The van der Waals surface area contributed by atoms with Crippen molar-refractivity contribution in [3.05, 3.63) is 79.3 Å². The summed E-state index contributed by atoms with van der Waals surface area (Å²) in [5.74, 6) is -2.42. The van der Waals surface area contributed by atoms with Crippen molar-refractivity contribution in [2.24, 2.45) is 5.10 Å². The third-order valence-electron chi connectivity index (χ3n) is 4.86. The van der Waals surface area contributed by atoms with Crippen molar-refractivity contribution in [2.75, 3.05) is 24.4 Å². The van der Waals surface area contributed by atoms with E-state index in [1.165, 1.54) is 25.5 Å². The van der Waals surface area contributed by atoms with Gasteiger partial charge in [-0.15, -0.1) is 0 Å². The molecule has 0 aromatic heterocycles. The minimum absolute atomic E-state index is 0.188. The topological polar surface area (TPSA) is 118 Å². The number of amides is 3. The second-order valence-electron chi connectivity index (χ2n) is 7.70. The van der Waals surface area contributed by atoms with Crippen molar-refractivity contribution >= 4 is 81.1 Å². The lowest BCUT2D eigenvalue weighted by molar-refractivity contribution is -0.137. The first-order chi connectivity index (χ1) is 18.9. The van der Waals surface area contributed by atoms with Crippen LogP contribution in [-0.4, -0.2) is 37.7 Å². The SMILES string of the molecule is COc1cc(C=NNC(=O)C(=O)Nc2cccc(C(F)(F)F)c2)cc(I)c1OCC(=O)Nc1cccc(Cl)c1Cl. The molecule has 3 rings (SSSR count). The van der Waals surface area contributed by atoms with E-state index >= 15 is 0 Å². The smallest absolute Gasteiger partial charge is 0.416 e. The number of hydrogen-bond donors (Lipinski definition) is 3. The molecule has 210 valence electrons. The third-order valence-corrected chi connectivity index (χ3v) is 6.48. The van der Waals surface area contributed by atoms with Crippen LogP contribution in [0, 0.1) is 3.57 Å². The number of anilines is 2.